The molecular formula is C16H23N3O. The van der Waals surface area contributed by atoms with Crippen LogP contribution in [0.15, 0.2) is 24.3 Å². The summed E-state index contributed by atoms with van der Waals surface area (Å²) in [4.78, 5) is 0. The topological polar surface area (TPSA) is 39.1 Å². The van der Waals surface area contributed by atoms with E-state index in [0.29, 0.717) is 0 Å². The number of aryl methyl sites for hydroxylation is 2. The molecule has 0 aliphatic carbocycles. The van der Waals surface area contributed by atoms with Gasteiger partial charge < -0.3 is 10.1 Å². The second-order valence-electron chi connectivity index (χ2n) is 5.09. The Bertz CT molecular complexity index is 572. The molecule has 1 heterocycles. The average molecular weight is 273 g/mol. The van der Waals surface area contributed by atoms with Gasteiger partial charge in [-0.2, -0.15) is 5.10 Å². The molecule has 2 aromatic rings. The van der Waals surface area contributed by atoms with Gasteiger partial charge in [0.1, 0.15) is 5.75 Å². The fraction of sp³-hybridized carbons (Fsp3) is 0.438. The third kappa shape index (κ3) is 2.85. The molecule has 20 heavy (non-hydrogen) atoms. The predicted molar refractivity (Wildman–Crippen MR) is 81.2 cm³/mol. The highest BCUT2D eigenvalue weighted by Crippen LogP contribution is 2.24. The van der Waals surface area contributed by atoms with Crippen LogP contribution in [0.1, 0.15) is 28.6 Å². The van der Waals surface area contributed by atoms with Gasteiger partial charge in [-0.1, -0.05) is 12.1 Å². The Morgan fingerprint density at radius 1 is 1.25 bits per heavy atom. The van der Waals surface area contributed by atoms with Gasteiger partial charge in [0.15, 0.2) is 0 Å². The number of methoxy groups -OCH3 is 1. The van der Waals surface area contributed by atoms with Crippen LogP contribution in [0.25, 0.3) is 0 Å². The number of hydrogen-bond acceptors (Lipinski definition) is 3. The van der Waals surface area contributed by atoms with E-state index < -0.39 is 0 Å². The zero-order valence-electron chi connectivity index (χ0n) is 12.9. The fourth-order valence-corrected chi connectivity index (χ4v) is 2.54. The maximum Gasteiger partial charge on any atom is 0.118 e. The third-order valence-electron chi connectivity index (χ3n) is 3.93. The van der Waals surface area contributed by atoms with Crippen LogP contribution in [0.5, 0.6) is 5.75 Å². The molecule has 4 nitrogen and oxygen atoms in total. The number of ether oxygens (including phenoxy) is 1. The van der Waals surface area contributed by atoms with Crippen molar-refractivity contribution in [2.45, 2.75) is 26.3 Å². The molecule has 1 unspecified atom stereocenters. The number of hydrogen-bond donors (Lipinski definition) is 1. The SMILES string of the molecule is CNC(Cc1c(C)nn(C)c1C)c1ccc(OC)cc1. The summed E-state index contributed by atoms with van der Waals surface area (Å²) in [7, 11) is 5.68. The van der Waals surface area contributed by atoms with Gasteiger partial charge in [-0.3, -0.25) is 4.68 Å². The van der Waals surface area contributed by atoms with Crippen molar-refractivity contribution in [1.29, 1.82) is 0 Å². The third-order valence-corrected chi connectivity index (χ3v) is 3.93. The standard InChI is InChI=1S/C16H23N3O/c1-11-15(12(2)19(4)18-11)10-16(17-3)13-6-8-14(20-5)9-7-13/h6-9,16-17H,10H2,1-5H3. The van der Waals surface area contributed by atoms with Gasteiger partial charge >= 0.3 is 0 Å². The molecule has 0 aliphatic rings. The first-order chi connectivity index (χ1) is 9.56. The second kappa shape index (κ2) is 6.09. The van der Waals surface area contributed by atoms with Crippen molar-refractivity contribution in [2.75, 3.05) is 14.2 Å². The highest BCUT2D eigenvalue weighted by Gasteiger charge is 2.16. The molecule has 0 saturated carbocycles. The van der Waals surface area contributed by atoms with Crippen molar-refractivity contribution in [2.24, 2.45) is 7.05 Å². The molecule has 1 N–H and O–H groups in total. The van der Waals surface area contributed by atoms with Crippen molar-refractivity contribution in [3.8, 4) is 5.75 Å². The van der Waals surface area contributed by atoms with Crippen LogP contribution in [0.3, 0.4) is 0 Å². The average Bonchev–Trinajstić information content (AvgIpc) is 2.70. The zero-order chi connectivity index (χ0) is 14.7. The molecule has 0 saturated heterocycles. The maximum absolute atomic E-state index is 5.21. The van der Waals surface area contributed by atoms with Crippen LogP contribution in [0.2, 0.25) is 0 Å². The Labute approximate surface area is 120 Å². The number of likely N-dealkylation sites (N-methyl/N-ethyl adjacent to an activating group) is 1. The van der Waals surface area contributed by atoms with E-state index in [1.54, 1.807) is 7.11 Å². The summed E-state index contributed by atoms with van der Waals surface area (Å²) in [6, 6.07) is 8.51. The maximum atomic E-state index is 5.21. The van der Waals surface area contributed by atoms with Crippen molar-refractivity contribution >= 4 is 0 Å². The minimum atomic E-state index is 0.280. The molecule has 2 rings (SSSR count). The fourth-order valence-electron chi connectivity index (χ4n) is 2.54. The van der Waals surface area contributed by atoms with Crippen LogP contribution in [0, 0.1) is 13.8 Å². The number of benzene rings is 1. The van der Waals surface area contributed by atoms with E-state index in [2.05, 4.69) is 36.4 Å². The molecule has 0 fully saturated rings. The molecule has 4 heteroatoms. The van der Waals surface area contributed by atoms with Gasteiger partial charge in [0.05, 0.1) is 12.8 Å². The van der Waals surface area contributed by atoms with Gasteiger partial charge in [0.25, 0.3) is 0 Å². The lowest BCUT2D eigenvalue weighted by Crippen LogP contribution is -2.19. The first-order valence-electron chi connectivity index (χ1n) is 6.87. The van der Waals surface area contributed by atoms with Crippen LogP contribution in [-0.4, -0.2) is 23.9 Å². The molecule has 0 bridgehead atoms. The van der Waals surface area contributed by atoms with Crippen molar-refractivity contribution in [3.05, 3.63) is 46.8 Å². The van der Waals surface area contributed by atoms with Gasteiger partial charge in [0.2, 0.25) is 0 Å². The van der Waals surface area contributed by atoms with Crippen LogP contribution >= 0.6 is 0 Å². The summed E-state index contributed by atoms with van der Waals surface area (Å²) in [6.07, 6.45) is 0.939. The highest BCUT2D eigenvalue weighted by atomic mass is 16.5. The smallest absolute Gasteiger partial charge is 0.118 e. The van der Waals surface area contributed by atoms with E-state index in [-0.39, 0.29) is 6.04 Å². The number of nitrogens with one attached hydrogen (secondary N) is 1. The van der Waals surface area contributed by atoms with E-state index in [9.17, 15) is 0 Å². The minimum Gasteiger partial charge on any atom is -0.497 e. The molecule has 1 aromatic carbocycles. The first kappa shape index (κ1) is 14.6. The summed E-state index contributed by atoms with van der Waals surface area (Å²) < 4.78 is 7.16. The van der Waals surface area contributed by atoms with E-state index >= 15 is 0 Å². The molecule has 0 spiro atoms. The van der Waals surface area contributed by atoms with Crippen LogP contribution in [-0.2, 0) is 13.5 Å². The highest BCUT2D eigenvalue weighted by molar-refractivity contribution is 5.32. The zero-order valence-corrected chi connectivity index (χ0v) is 12.9. The lowest BCUT2D eigenvalue weighted by molar-refractivity contribution is 0.414. The second-order valence-corrected chi connectivity index (χ2v) is 5.09. The summed E-state index contributed by atoms with van der Waals surface area (Å²) in [6.45, 7) is 4.19. The normalized spacial score (nSPS) is 12.4. The molecule has 1 aromatic heterocycles. The Balaban J connectivity index is 2.23. The number of aromatic nitrogens is 2. The van der Waals surface area contributed by atoms with Gasteiger partial charge in [-0.15, -0.1) is 0 Å². The van der Waals surface area contributed by atoms with Crippen molar-refractivity contribution < 1.29 is 4.74 Å². The molecule has 0 amide bonds. The largest absolute Gasteiger partial charge is 0.497 e. The Morgan fingerprint density at radius 2 is 1.90 bits per heavy atom. The van der Waals surface area contributed by atoms with Crippen molar-refractivity contribution in [3.63, 3.8) is 0 Å². The van der Waals surface area contributed by atoms with Gasteiger partial charge in [-0.05, 0) is 50.6 Å². The summed E-state index contributed by atoms with van der Waals surface area (Å²) in [5, 5.41) is 7.88. The van der Waals surface area contributed by atoms with Crippen molar-refractivity contribution in [1.82, 2.24) is 15.1 Å². The quantitative estimate of drug-likeness (QED) is 0.910. The van der Waals surface area contributed by atoms with Gasteiger partial charge in [-0.25, -0.2) is 0 Å². The number of nitrogens with zero attached hydrogens (tertiary/aromatic N) is 2. The van der Waals surface area contributed by atoms with E-state index in [1.165, 1.54) is 16.8 Å². The predicted octanol–water partition coefficient (Wildman–Crippen LogP) is 2.55. The van der Waals surface area contributed by atoms with E-state index in [0.717, 1.165) is 17.9 Å². The number of rotatable bonds is 5. The Kier molecular flexibility index (Phi) is 4.45. The first-order valence-corrected chi connectivity index (χ1v) is 6.87. The Morgan fingerprint density at radius 3 is 2.35 bits per heavy atom. The van der Waals surface area contributed by atoms with Crippen LogP contribution in [0.4, 0.5) is 0 Å². The van der Waals surface area contributed by atoms with Gasteiger partial charge in [0, 0.05) is 18.8 Å². The van der Waals surface area contributed by atoms with Crippen LogP contribution < -0.4 is 10.1 Å². The van der Waals surface area contributed by atoms with E-state index in [1.807, 2.05) is 30.9 Å². The molecular weight excluding hydrogens is 250 g/mol. The molecule has 0 radical (unpaired) electrons. The monoisotopic (exact) mass is 273 g/mol. The van der Waals surface area contributed by atoms with E-state index in [4.69, 9.17) is 4.74 Å². The Hall–Kier alpha value is -1.81. The lowest BCUT2D eigenvalue weighted by atomic mass is 9.98. The minimum absolute atomic E-state index is 0.280. The molecule has 1 atom stereocenters. The lowest BCUT2D eigenvalue weighted by Gasteiger charge is -2.17. The summed E-state index contributed by atoms with van der Waals surface area (Å²) in [5.41, 5.74) is 4.92. The molecule has 0 aliphatic heterocycles. The summed E-state index contributed by atoms with van der Waals surface area (Å²) >= 11 is 0. The summed E-state index contributed by atoms with van der Waals surface area (Å²) in [5.74, 6) is 0.886. The molecule has 108 valence electrons.